The lowest BCUT2D eigenvalue weighted by atomic mass is 10.0. The Balaban J connectivity index is 1.91. The lowest BCUT2D eigenvalue weighted by Gasteiger charge is -2.15. The molecule has 2 aromatic rings. The van der Waals surface area contributed by atoms with Gasteiger partial charge in [0.2, 0.25) is 0 Å². The predicted octanol–water partition coefficient (Wildman–Crippen LogP) is 3.62. The number of benzene rings is 1. The van der Waals surface area contributed by atoms with Crippen LogP contribution in [0.3, 0.4) is 0 Å². The number of rotatable bonds is 4. The van der Waals surface area contributed by atoms with Crippen LogP contribution in [0.4, 0.5) is 0 Å². The van der Waals surface area contributed by atoms with Gasteiger partial charge in [-0.1, -0.05) is 28.9 Å². The summed E-state index contributed by atoms with van der Waals surface area (Å²) in [5, 5.41) is 3.36. The lowest BCUT2D eigenvalue weighted by molar-refractivity contribution is 0.656. The van der Waals surface area contributed by atoms with E-state index in [9.17, 15) is 0 Å². The van der Waals surface area contributed by atoms with Crippen molar-refractivity contribution in [3.05, 3.63) is 46.0 Å². The van der Waals surface area contributed by atoms with Crippen LogP contribution in [0.2, 0.25) is 0 Å². The number of nitrogens with one attached hydrogen (secondary N) is 1. The summed E-state index contributed by atoms with van der Waals surface area (Å²) in [6.07, 6.45) is 6.80. The van der Waals surface area contributed by atoms with Gasteiger partial charge in [0, 0.05) is 22.4 Å². The molecule has 1 aromatic carbocycles. The van der Waals surface area contributed by atoms with Crippen LogP contribution in [0.15, 0.2) is 29.0 Å². The van der Waals surface area contributed by atoms with Crippen LogP contribution in [0, 0.1) is 0 Å². The van der Waals surface area contributed by atoms with E-state index < -0.39 is 0 Å². The Kier molecular flexibility index (Phi) is 4.22. The lowest BCUT2D eigenvalue weighted by Crippen LogP contribution is -2.12. The summed E-state index contributed by atoms with van der Waals surface area (Å²) < 4.78 is 3.41. The molecule has 0 radical (unpaired) electrons. The Morgan fingerprint density at radius 2 is 2.15 bits per heavy atom. The molecule has 20 heavy (non-hydrogen) atoms. The first-order valence-electron chi connectivity index (χ1n) is 7.34. The molecule has 4 heteroatoms. The van der Waals surface area contributed by atoms with Crippen molar-refractivity contribution < 1.29 is 0 Å². The minimum Gasteiger partial charge on any atom is -0.313 e. The van der Waals surface area contributed by atoms with Gasteiger partial charge in [-0.15, -0.1) is 0 Å². The van der Waals surface area contributed by atoms with Crippen LogP contribution >= 0.6 is 15.9 Å². The number of fused-ring (bicyclic) bond motifs is 1. The number of hydrogen-bond acceptors (Lipinski definition) is 2. The van der Waals surface area contributed by atoms with E-state index in [4.69, 9.17) is 0 Å². The Labute approximate surface area is 128 Å². The van der Waals surface area contributed by atoms with Crippen LogP contribution in [0.5, 0.6) is 0 Å². The van der Waals surface area contributed by atoms with Gasteiger partial charge in [-0.3, -0.25) is 0 Å². The smallest absolute Gasteiger partial charge is 0.0997 e. The minimum atomic E-state index is 0.902. The van der Waals surface area contributed by atoms with Gasteiger partial charge in [0.1, 0.15) is 0 Å². The van der Waals surface area contributed by atoms with Crippen LogP contribution in [-0.4, -0.2) is 16.1 Å². The average Bonchev–Trinajstić information content (AvgIpc) is 2.90. The molecule has 3 nitrogen and oxygen atoms in total. The van der Waals surface area contributed by atoms with Crippen molar-refractivity contribution in [3.63, 3.8) is 0 Å². The molecule has 0 aliphatic heterocycles. The summed E-state index contributed by atoms with van der Waals surface area (Å²) in [4.78, 5) is 4.57. The van der Waals surface area contributed by atoms with Gasteiger partial charge in [-0.2, -0.15) is 0 Å². The molecule has 0 saturated carbocycles. The number of aromatic nitrogens is 2. The second kappa shape index (κ2) is 6.10. The number of aryl methyl sites for hydroxylation is 1. The first-order chi connectivity index (χ1) is 9.79. The molecular formula is C16H20BrN3. The quantitative estimate of drug-likeness (QED) is 0.925. The van der Waals surface area contributed by atoms with Crippen molar-refractivity contribution in [1.29, 1.82) is 0 Å². The molecule has 0 amide bonds. The molecule has 1 aromatic heterocycles. The Morgan fingerprint density at radius 1 is 1.30 bits per heavy atom. The van der Waals surface area contributed by atoms with E-state index in [0.29, 0.717) is 0 Å². The third kappa shape index (κ3) is 2.67. The number of halogens is 1. The molecule has 1 heterocycles. The van der Waals surface area contributed by atoms with Crippen molar-refractivity contribution in [3.8, 4) is 5.69 Å². The highest BCUT2D eigenvalue weighted by molar-refractivity contribution is 9.10. The maximum absolute atomic E-state index is 4.57. The highest BCUT2D eigenvalue weighted by atomic mass is 79.9. The number of nitrogens with zero attached hydrogens (tertiary/aromatic N) is 2. The van der Waals surface area contributed by atoms with Gasteiger partial charge in [0.15, 0.2) is 0 Å². The van der Waals surface area contributed by atoms with Crippen molar-refractivity contribution in [2.45, 2.75) is 39.2 Å². The van der Waals surface area contributed by atoms with Crippen molar-refractivity contribution in [2.24, 2.45) is 0 Å². The summed E-state index contributed by atoms with van der Waals surface area (Å²) in [6, 6.07) is 6.58. The van der Waals surface area contributed by atoms with Gasteiger partial charge >= 0.3 is 0 Å². The van der Waals surface area contributed by atoms with Gasteiger partial charge in [-0.25, -0.2) is 4.98 Å². The highest BCUT2D eigenvalue weighted by Crippen LogP contribution is 2.26. The van der Waals surface area contributed by atoms with Crippen LogP contribution in [0.25, 0.3) is 5.69 Å². The SMILES string of the molecule is CCNCc1ccc(-n2cnc3c2CCCC3)cc1Br. The zero-order valence-electron chi connectivity index (χ0n) is 11.8. The second-order valence-corrected chi connectivity index (χ2v) is 6.13. The third-order valence-electron chi connectivity index (χ3n) is 3.91. The summed E-state index contributed by atoms with van der Waals surface area (Å²) in [6.45, 7) is 4.02. The maximum Gasteiger partial charge on any atom is 0.0997 e. The van der Waals surface area contributed by atoms with Gasteiger partial charge in [0.05, 0.1) is 12.0 Å². The molecule has 0 fully saturated rings. The van der Waals surface area contributed by atoms with Crippen LogP contribution < -0.4 is 5.32 Å². The standard InChI is InChI=1S/C16H20BrN3/c1-2-18-10-12-7-8-13(9-14(12)17)20-11-19-15-5-3-4-6-16(15)20/h7-9,11,18H,2-6,10H2,1H3. The summed E-state index contributed by atoms with van der Waals surface area (Å²) in [7, 11) is 0. The Morgan fingerprint density at radius 3 is 2.95 bits per heavy atom. The first-order valence-corrected chi connectivity index (χ1v) is 8.13. The van der Waals surface area contributed by atoms with E-state index >= 15 is 0 Å². The largest absolute Gasteiger partial charge is 0.313 e. The van der Waals surface area contributed by atoms with E-state index in [2.05, 4.69) is 55.9 Å². The van der Waals surface area contributed by atoms with Crippen molar-refractivity contribution in [2.75, 3.05) is 6.54 Å². The molecule has 1 N–H and O–H groups in total. The topological polar surface area (TPSA) is 29.9 Å². The highest BCUT2D eigenvalue weighted by Gasteiger charge is 2.16. The Bertz CT molecular complexity index is 604. The van der Waals surface area contributed by atoms with E-state index in [-0.39, 0.29) is 0 Å². The molecule has 0 spiro atoms. The fraction of sp³-hybridized carbons (Fsp3) is 0.438. The normalized spacial score (nSPS) is 14.3. The Hall–Kier alpha value is -1.13. The van der Waals surface area contributed by atoms with E-state index in [1.807, 2.05) is 6.33 Å². The molecule has 0 atom stereocenters. The van der Waals surface area contributed by atoms with Gasteiger partial charge < -0.3 is 9.88 Å². The van der Waals surface area contributed by atoms with E-state index in [1.165, 1.54) is 35.5 Å². The fourth-order valence-electron chi connectivity index (χ4n) is 2.78. The molecular weight excluding hydrogens is 314 g/mol. The predicted molar refractivity (Wildman–Crippen MR) is 85.3 cm³/mol. The van der Waals surface area contributed by atoms with Crippen molar-refractivity contribution >= 4 is 15.9 Å². The second-order valence-electron chi connectivity index (χ2n) is 5.27. The molecule has 0 bridgehead atoms. The van der Waals surface area contributed by atoms with E-state index in [1.54, 1.807) is 0 Å². The van der Waals surface area contributed by atoms with Gasteiger partial charge in [0.25, 0.3) is 0 Å². The number of imidazole rings is 1. The minimum absolute atomic E-state index is 0.902. The van der Waals surface area contributed by atoms with E-state index in [0.717, 1.165) is 30.4 Å². The summed E-state index contributed by atoms with van der Waals surface area (Å²) in [5.74, 6) is 0. The summed E-state index contributed by atoms with van der Waals surface area (Å²) in [5.41, 5.74) is 5.17. The molecule has 106 valence electrons. The fourth-order valence-corrected chi connectivity index (χ4v) is 3.29. The zero-order valence-corrected chi connectivity index (χ0v) is 13.4. The molecule has 0 unspecified atom stereocenters. The number of hydrogen-bond donors (Lipinski definition) is 1. The molecule has 1 aliphatic rings. The monoisotopic (exact) mass is 333 g/mol. The van der Waals surface area contributed by atoms with Gasteiger partial charge in [-0.05, 0) is 49.9 Å². The average molecular weight is 334 g/mol. The maximum atomic E-state index is 4.57. The molecule has 3 rings (SSSR count). The molecule has 1 aliphatic carbocycles. The third-order valence-corrected chi connectivity index (χ3v) is 4.65. The first kappa shape index (κ1) is 13.8. The van der Waals surface area contributed by atoms with Crippen molar-refractivity contribution in [1.82, 2.24) is 14.9 Å². The van der Waals surface area contributed by atoms with Crippen LogP contribution in [-0.2, 0) is 19.4 Å². The van der Waals surface area contributed by atoms with Crippen LogP contribution in [0.1, 0.15) is 36.7 Å². The molecule has 0 saturated heterocycles. The summed E-state index contributed by atoms with van der Waals surface area (Å²) >= 11 is 3.69. The zero-order chi connectivity index (χ0) is 13.9.